The maximum absolute atomic E-state index is 13.9. The third-order valence-electron chi connectivity index (χ3n) is 7.62. The van der Waals surface area contributed by atoms with Gasteiger partial charge in [-0.15, -0.1) is 0 Å². The molecule has 46 heavy (non-hydrogen) atoms. The van der Waals surface area contributed by atoms with E-state index in [1.165, 1.54) is 10.8 Å². The number of carbonyl (C=O) groups excluding carboxylic acids is 4. The fraction of sp³-hybridized carbons (Fsp3) is 0.606. The van der Waals surface area contributed by atoms with Crippen molar-refractivity contribution in [2.75, 3.05) is 31.9 Å². The molecule has 1 fully saturated rings. The lowest BCUT2D eigenvalue weighted by atomic mass is 10.1. The van der Waals surface area contributed by atoms with Crippen LogP contribution in [0.1, 0.15) is 82.3 Å². The van der Waals surface area contributed by atoms with Gasteiger partial charge in [0.25, 0.3) is 5.91 Å². The zero-order chi connectivity index (χ0) is 33.7. The molecule has 0 unspecified atom stereocenters. The van der Waals surface area contributed by atoms with E-state index in [4.69, 9.17) is 16.5 Å². The number of para-hydroxylation sites is 1. The largest absolute Gasteiger partial charge is 0.354 e. The minimum Gasteiger partial charge on any atom is -0.354 e. The van der Waals surface area contributed by atoms with Gasteiger partial charge in [0.05, 0.1) is 16.8 Å². The summed E-state index contributed by atoms with van der Waals surface area (Å²) in [6.45, 7) is 9.96. The van der Waals surface area contributed by atoms with Crippen molar-refractivity contribution in [1.82, 2.24) is 25.8 Å². The van der Waals surface area contributed by atoms with Crippen molar-refractivity contribution in [1.29, 1.82) is 0 Å². The minimum atomic E-state index is -0.910. The fourth-order valence-corrected chi connectivity index (χ4v) is 7.71. The smallest absolute Gasteiger partial charge is 0.256 e. The standard InChI is InChI=1S/C33H51N7O4S2/c1-5-24-23(20-22-12-6-7-13-25(22)37-24)32(44)40-19-10-15-28(40)31(43)39-27(21-45-46-33(2,3)4)30(42)38-26(14-8-9-16-34)29(41)36-18-11-17-35/h6-7,12-13,20,26-28H,5,8-11,14-19,21,34-35H2,1-4H3,(H,36,41)(H,38,42)(H,39,43)/t26-,27+,28-/m0/s1. The SMILES string of the molecule is CCc1nc2ccccc2cc1C(=O)N1CCC[C@H]1C(=O)N[C@H](CSSC(C)(C)C)C(=O)N[C@@H](CCCCN)C(=O)NCCCN. The highest BCUT2D eigenvalue weighted by molar-refractivity contribution is 8.77. The Labute approximate surface area is 280 Å². The Bertz CT molecular complexity index is 1340. The Hall–Kier alpha value is -2.87. The van der Waals surface area contributed by atoms with Gasteiger partial charge in [0, 0.05) is 29.0 Å². The van der Waals surface area contributed by atoms with Crippen LogP contribution in [0.15, 0.2) is 30.3 Å². The van der Waals surface area contributed by atoms with Crippen molar-refractivity contribution in [3.8, 4) is 0 Å². The van der Waals surface area contributed by atoms with Crippen LogP contribution in [0, 0.1) is 0 Å². The molecule has 3 atom stereocenters. The lowest BCUT2D eigenvalue weighted by Gasteiger charge is -2.28. The topological polar surface area (TPSA) is 173 Å². The molecule has 13 heteroatoms. The van der Waals surface area contributed by atoms with Gasteiger partial charge in [0.1, 0.15) is 18.1 Å². The van der Waals surface area contributed by atoms with Crippen LogP contribution in [0.25, 0.3) is 10.9 Å². The summed E-state index contributed by atoms with van der Waals surface area (Å²) in [5.74, 6) is -1.06. The van der Waals surface area contributed by atoms with Crippen molar-refractivity contribution in [3.05, 3.63) is 41.6 Å². The van der Waals surface area contributed by atoms with E-state index < -0.39 is 24.0 Å². The van der Waals surface area contributed by atoms with E-state index in [0.717, 1.165) is 17.3 Å². The van der Waals surface area contributed by atoms with Gasteiger partial charge in [0.15, 0.2) is 0 Å². The maximum Gasteiger partial charge on any atom is 0.256 e. The molecule has 4 amide bonds. The molecular formula is C33H51N7O4S2. The number of hydrogen-bond acceptors (Lipinski definition) is 9. The van der Waals surface area contributed by atoms with E-state index in [2.05, 4.69) is 36.7 Å². The number of rotatable bonds is 17. The molecule has 1 aromatic heterocycles. The predicted octanol–water partition coefficient (Wildman–Crippen LogP) is 3.15. The summed E-state index contributed by atoms with van der Waals surface area (Å²) < 4.78 is -0.0666. The summed E-state index contributed by atoms with van der Waals surface area (Å²) in [4.78, 5) is 60.7. The van der Waals surface area contributed by atoms with Gasteiger partial charge in [-0.2, -0.15) is 0 Å². The molecule has 2 heterocycles. The van der Waals surface area contributed by atoms with Gasteiger partial charge in [-0.3, -0.25) is 24.2 Å². The first-order chi connectivity index (χ1) is 22.0. The number of likely N-dealkylation sites (tertiary alicyclic amines) is 1. The molecular weight excluding hydrogens is 623 g/mol. The van der Waals surface area contributed by atoms with Crippen molar-refractivity contribution in [2.24, 2.45) is 11.5 Å². The number of fused-ring (bicyclic) bond motifs is 1. The van der Waals surface area contributed by atoms with Crippen LogP contribution >= 0.6 is 21.6 Å². The molecule has 2 aromatic rings. The van der Waals surface area contributed by atoms with Crippen LogP contribution in [0.2, 0.25) is 0 Å². The molecule has 1 aliphatic rings. The lowest BCUT2D eigenvalue weighted by molar-refractivity contribution is -0.132. The van der Waals surface area contributed by atoms with Crippen LogP contribution in [-0.4, -0.2) is 88.3 Å². The van der Waals surface area contributed by atoms with E-state index in [0.29, 0.717) is 81.7 Å². The Kier molecular flexibility index (Phi) is 15.1. The van der Waals surface area contributed by atoms with Crippen LogP contribution in [0.3, 0.4) is 0 Å². The molecule has 0 spiro atoms. The average Bonchev–Trinajstić information content (AvgIpc) is 3.52. The Morgan fingerprint density at radius 1 is 1.02 bits per heavy atom. The van der Waals surface area contributed by atoms with Crippen LogP contribution in [0.4, 0.5) is 0 Å². The Morgan fingerprint density at radius 2 is 1.76 bits per heavy atom. The number of nitrogens with one attached hydrogen (secondary N) is 3. The van der Waals surface area contributed by atoms with Gasteiger partial charge in [-0.1, -0.05) is 67.5 Å². The molecule has 0 saturated carbocycles. The van der Waals surface area contributed by atoms with Crippen molar-refractivity contribution < 1.29 is 19.2 Å². The summed E-state index contributed by atoms with van der Waals surface area (Å²) in [7, 11) is 3.10. The van der Waals surface area contributed by atoms with Gasteiger partial charge < -0.3 is 32.3 Å². The number of amides is 4. The van der Waals surface area contributed by atoms with Gasteiger partial charge in [0.2, 0.25) is 17.7 Å². The van der Waals surface area contributed by atoms with Gasteiger partial charge in [-0.25, -0.2) is 0 Å². The average molecular weight is 674 g/mol. The molecule has 254 valence electrons. The summed E-state index contributed by atoms with van der Waals surface area (Å²) in [6.07, 6.45) is 4.17. The summed E-state index contributed by atoms with van der Waals surface area (Å²) in [6, 6.07) is 7.12. The number of hydrogen-bond donors (Lipinski definition) is 5. The highest BCUT2D eigenvalue weighted by Crippen LogP contribution is 2.35. The van der Waals surface area contributed by atoms with Crippen LogP contribution in [0.5, 0.6) is 0 Å². The minimum absolute atomic E-state index is 0.0666. The monoisotopic (exact) mass is 673 g/mol. The normalized spacial score (nSPS) is 16.2. The third-order valence-corrected chi connectivity index (χ3v) is 11.0. The summed E-state index contributed by atoms with van der Waals surface area (Å²) in [5, 5.41) is 9.54. The first-order valence-electron chi connectivity index (χ1n) is 16.3. The summed E-state index contributed by atoms with van der Waals surface area (Å²) in [5.41, 5.74) is 13.2. The molecule has 7 N–H and O–H groups in total. The maximum atomic E-state index is 13.9. The molecule has 1 saturated heterocycles. The number of aromatic nitrogens is 1. The second-order valence-corrected chi connectivity index (χ2v) is 15.7. The highest BCUT2D eigenvalue weighted by atomic mass is 33.1. The van der Waals surface area contributed by atoms with Crippen LogP contribution in [-0.2, 0) is 20.8 Å². The third kappa shape index (κ3) is 11.1. The molecule has 1 aromatic carbocycles. The number of nitrogens with two attached hydrogens (primary N) is 2. The number of nitrogens with zero attached hydrogens (tertiary/aromatic N) is 2. The van der Waals surface area contributed by atoms with E-state index in [1.54, 1.807) is 15.7 Å². The van der Waals surface area contributed by atoms with E-state index in [-0.39, 0.29) is 22.5 Å². The van der Waals surface area contributed by atoms with Gasteiger partial charge in [-0.05, 0) is 70.2 Å². The highest BCUT2D eigenvalue weighted by Gasteiger charge is 2.37. The second-order valence-electron chi connectivity index (χ2n) is 12.5. The zero-order valence-electron chi connectivity index (χ0n) is 27.6. The number of aryl methyl sites for hydroxylation is 1. The fourth-order valence-electron chi connectivity index (χ4n) is 5.25. The van der Waals surface area contributed by atoms with E-state index >= 15 is 0 Å². The lowest BCUT2D eigenvalue weighted by Crippen LogP contribution is -2.57. The molecule has 3 rings (SSSR count). The molecule has 0 bridgehead atoms. The number of unbranched alkanes of at least 4 members (excludes halogenated alkanes) is 1. The molecule has 0 aliphatic carbocycles. The Morgan fingerprint density at radius 3 is 2.46 bits per heavy atom. The van der Waals surface area contributed by atoms with Crippen molar-refractivity contribution >= 4 is 56.1 Å². The number of pyridine rings is 1. The quantitative estimate of drug-likeness (QED) is 0.125. The molecule has 1 aliphatic heterocycles. The molecule has 11 nitrogen and oxygen atoms in total. The summed E-state index contributed by atoms with van der Waals surface area (Å²) >= 11 is 0. The van der Waals surface area contributed by atoms with Crippen molar-refractivity contribution in [2.45, 2.75) is 95.5 Å². The van der Waals surface area contributed by atoms with Gasteiger partial charge >= 0.3 is 0 Å². The van der Waals surface area contributed by atoms with E-state index in [1.807, 2.05) is 37.3 Å². The zero-order valence-corrected chi connectivity index (χ0v) is 29.2. The van der Waals surface area contributed by atoms with Crippen molar-refractivity contribution in [3.63, 3.8) is 0 Å². The number of carbonyl (C=O) groups is 4. The predicted molar refractivity (Wildman–Crippen MR) is 188 cm³/mol. The Balaban J connectivity index is 1.79. The first-order valence-corrected chi connectivity index (χ1v) is 18.6. The first kappa shape index (κ1) is 37.6. The number of benzene rings is 1. The second kappa shape index (κ2) is 18.5. The molecule has 0 radical (unpaired) electrons. The van der Waals surface area contributed by atoms with E-state index in [9.17, 15) is 19.2 Å². The van der Waals surface area contributed by atoms with Crippen LogP contribution < -0.4 is 27.4 Å².